The number of hydrogen-bond acceptors (Lipinski definition) is 4. The molecule has 0 aliphatic carbocycles. The predicted molar refractivity (Wildman–Crippen MR) is 118 cm³/mol. The summed E-state index contributed by atoms with van der Waals surface area (Å²) in [5, 5.41) is 4.85. The second-order valence-corrected chi connectivity index (χ2v) is 7.77. The Labute approximate surface area is 174 Å². The maximum atomic E-state index is 12.7. The molecule has 1 saturated heterocycles. The summed E-state index contributed by atoms with van der Waals surface area (Å²) in [4.78, 5) is 31.1. The highest BCUT2D eigenvalue weighted by atomic mass is 35.5. The number of hydrogen-bond donors (Lipinski definition) is 2. The third-order valence-corrected chi connectivity index (χ3v) is 5.56. The van der Waals surface area contributed by atoms with Crippen LogP contribution in [0.15, 0.2) is 59.4 Å². The molecule has 2 N–H and O–H groups in total. The van der Waals surface area contributed by atoms with Gasteiger partial charge in [-0.1, -0.05) is 11.6 Å². The second kappa shape index (κ2) is 8.17. The number of benzene rings is 2. The molecule has 1 aliphatic rings. The van der Waals surface area contributed by atoms with Crippen LogP contribution >= 0.6 is 11.6 Å². The number of piperazine rings is 1. The number of H-pyrrole nitrogens is 1. The molecule has 6 nitrogen and oxygen atoms in total. The average Bonchev–Trinajstić information content (AvgIpc) is 2.72. The van der Waals surface area contributed by atoms with Gasteiger partial charge in [0.15, 0.2) is 0 Å². The number of rotatable bonds is 4. The molecule has 0 radical (unpaired) electrons. The fourth-order valence-electron chi connectivity index (χ4n) is 3.75. The number of carbonyl (C=O) groups excluding carboxylic acids is 1. The number of aromatic amines is 1. The number of carbonyl (C=O) groups is 1. The number of anilines is 2. The zero-order valence-corrected chi connectivity index (χ0v) is 16.9. The van der Waals surface area contributed by atoms with E-state index in [4.69, 9.17) is 11.6 Å². The van der Waals surface area contributed by atoms with Crippen LogP contribution in [0.1, 0.15) is 6.92 Å². The standard InChI is InChI=1S/C22H23ClN4O2/c1-15-14-26(10-11-27(15)19-6-3-17(23)4-7-19)22(29)13-24-18-5-8-20-16(12-18)2-9-21(28)25-20/h2-9,12,15,24H,10-11,13-14H2,1H3,(H,25,28)/t15-/m1/s1. The van der Waals surface area contributed by atoms with E-state index in [1.807, 2.05) is 47.4 Å². The van der Waals surface area contributed by atoms with Gasteiger partial charge in [-0.2, -0.15) is 0 Å². The van der Waals surface area contributed by atoms with Crippen molar-refractivity contribution in [3.63, 3.8) is 0 Å². The van der Waals surface area contributed by atoms with Crippen molar-refractivity contribution in [1.29, 1.82) is 0 Å². The first kappa shape index (κ1) is 19.3. The van der Waals surface area contributed by atoms with E-state index in [0.717, 1.165) is 33.8 Å². The summed E-state index contributed by atoms with van der Waals surface area (Å²) >= 11 is 5.98. The molecule has 0 spiro atoms. The lowest BCUT2D eigenvalue weighted by atomic mass is 10.1. The smallest absolute Gasteiger partial charge is 0.248 e. The van der Waals surface area contributed by atoms with Crippen LogP contribution in [0.3, 0.4) is 0 Å². The molecular weight excluding hydrogens is 388 g/mol. The molecule has 0 saturated carbocycles. The van der Waals surface area contributed by atoms with Crippen LogP contribution in [-0.2, 0) is 4.79 Å². The highest BCUT2D eigenvalue weighted by Gasteiger charge is 2.26. The van der Waals surface area contributed by atoms with Crippen molar-refractivity contribution in [2.45, 2.75) is 13.0 Å². The molecule has 0 unspecified atom stereocenters. The van der Waals surface area contributed by atoms with Gasteiger partial charge in [0.25, 0.3) is 0 Å². The van der Waals surface area contributed by atoms with Crippen LogP contribution in [0.2, 0.25) is 5.02 Å². The van der Waals surface area contributed by atoms with Crippen LogP contribution in [-0.4, -0.2) is 48.0 Å². The van der Waals surface area contributed by atoms with Crippen LogP contribution in [0.5, 0.6) is 0 Å². The van der Waals surface area contributed by atoms with Gasteiger partial charge in [-0.25, -0.2) is 0 Å². The third-order valence-electron chi connectivity index (χ3n) is 5.31. The molecule has 1 aliphatic heterocycles. The van der Waals surface area contributed by atoms with Crippen LogP contribution in [0.25, 0.3) is 10.9 Å². The molecule has 4 rings (SSSR count). The quantitative estimate of drug-likeness (QED) is 0.692. The molecule has 29 heavy (non-hydrogen) atoms. The van der Waals surface area contributed by atoms with E-state index in [9.17, 15) is 9.59 Å². The first-order valence-electron chi connectivity index (χ1n) is 9.66. The number of halogens is 1. The largest absolute Gasteiger partial charge is 0.376 e. The summed E-state index contributed by atoms with van der Waals surface area (Å²) in [7, 11) is 0. The monoisotopic (exact) mass is 410 g/mol. The summed E-state index contributed by atoms with van der Waals surface area (Å²) in [6.07, 6.45) is 0. The topological polar surface area (TPSA) is 68.4 Å². The lowest BCUT2D eigenvalue weighted by molar-refractivity contribution is -0.130. The summed E-state index contributed by atoms with van der Waals surface area (Å²) in [6.45, 7) is 4.53. The summed E-state index contributed by atoms with van der Waals surface area (Å²) in [5.74, 6) is 0.0779. The van der Waals surface area contributed by atoms with E-state index < -0.39 is 0 Å². The minimum absolute atomic E-state index is 0.0779. The van der Waals surface area contributed by atoms with E-state index >= 15 is 0 Å². The zero-order chi connectivity index (χ0) is 20.4. The molecule has 2 aromatic carbocycles. The number of pyridine rings is 1. The Morgan fingerprint density at radius 2 is 1.93 bits per heavy atom. The minimum atomic E-state index is -0.125. The van der Waals surface area contributed by atoms with Crippen molar-refractivity contribution in [3.8, 4) is 0 Å². The fourth-order valence-corrected chi connectivity index (χ4v) is 3.88. The van der Waals surface area contributed by atoms with Crippen molar-refractivity contribution in [2.24, 2.45) is 0 Å². The van der Waals surface area contributed by atoms with Crippen molar-refractivity contribution in [2.75, 3.05) is 36.4 Å². The highest BCUT2D eigenvalue weighted by molar-refractivity contribution is 6.30. The normalized spacial score (nSPS) is 16.8. The summed E-state index contributed by atoms with van der Waals surface area (Å²) in [6, 6.07) is 17.0. The van der Waals surface area contributed by atoms with Gasteiger partial charge in [0.1, 0.15) is 0 Å². The number of nitrogens with one attached hydrogen (secondary N) is 2. The fraction of sp³-hybridized carbons (Fsp3) is 0.273. The van der Waals surface area contributed by atoms with E-state index in [0.29, 0.717) is 13.1 Å². The lowest BCUT2D eigenvalue weighted by Gasteiger charge is -2.41. The Morgan fingerprint density at radius 1 is 1.14 bits per heavy atom. The predicted octanol–water partition coefficient (Wildman–Crippen LogP) is 3.33. The maximum Gasteiger partial charge on any atom is 0.248 e. The van der Waals surface area contributed by atoms with Gasteiger partial charge in [0.05, 0.1) is 6.54 Å². The van der Waals surface area contributed by atoms with Gasteiger partial charge >= 0.3 is 0 Å². The molecule has 0 bridgehead atoms. The Kier molecular flexibility index (Phi) is 5.45. The van der Waals surface area contributed by atoms with Crippen molar-refractivity contribution in [1.82, 2.24) is 9.88 Å². The highest BCUT2D eigenvalue weighted by Crippen LogP contribution is 2.23. The molecule has 1 atom stereocenters. The maximum absolute atomic E-state index is 12.7. The first-order chi connectivity index (χ1) is 14.0. The molecule has 1 fully saturated rings. The van der Waals surface area contributed by atoms with Crippen molar-refractivity contribution in [3.05, 3.63) is 70.0 Å². The van der Waals surface area contributed by atoms with Gasteiger partial charge in [-0.15, -0.1) is 0 Å². The molecule has 1 amide bonds. The Morgan fingerprint density at radius 3 is 2.69 bits per heavy atom. The Bertz CT molecular complexity index is 1080. The van der Waals surface area contributed by atoms with Crippen molar-refractivity contribution >= 4 is 39.8 Å². The molecular formula is C22H23ClN4O2. The van der Waals surface area contributed by atoms with Gasteiger partial charge in [-0.05, 0) is 55.5 Å². The number of nitrogens with zero attached hydrogens (tertiary/aromatic N) is 2. The van der Waals surface area contributed by atoms with E-state index in [-0.39, 0.29) is 24.1 Å². The van der Waals surface area contributed by atoms with Crippen LogP contribution in [0.4, 0.5) is 11.4 Å². The Hall–Kier alpha value is -2.99. The van der Waals surface area contributed by atoms with E-state index in [2.05, 4.69) is 22.1 Å². The van der Waals surface area contributed by atoms with E-state index in [1.54, 1.807) is 6.07 Å². The molecule has 1 aromatic heterocycles. The SMILES string of the molecule is C[C@@H]1CN(C(=O)CNc2ccc3[nH]c(=O)ccc3c2)CCN1c1ccc(Cl)cc1. The zero-order valence-electron chi connectivity index (χ0n) is 16.2. The van der Waals surface area contributed by atoms with Crippen molar-refractivity contribution < 1.29 is 4.79 Å². The van der Waals surface area contributed by atoms with Gasteiger partial charge in [0, 0.05) is 59.0 Å². The molecule has 2 heterocycles. The molecule has 7 heteroatoms. The van der Waals surface area contributed by atoms with Gasteiger partial charge in [-0.3, -0.25) is 9.59 Å². The molecule has 150 valence electrons. The average molecular weight is 411 g/mol. The third kappa shape index (κ3) is 4.38. The second-order valence-electron chi connectivity index (χ2n) is 7.34. The summed E-state index contributed by atoms with van der Waals surface area (Å²) < 4.78 is 0. The number of fused-ring (bicyclic) bond motifs is 1. The first-order valence-corrected chi connectivity index (χ1v) is 10.0. The lowest BCUT2D eigenvalue weighted by Crippen LogP contribution is -2.54. The van der Waals surface area contributed by atoms with Crippen LogP contribution < -0.4 is 15.8 Å². The van der Waals surface area contributed by atoms with Gasteiger partial charge in [0.2, 0.25) is 11.5 Å². The van der Waals surface area contributed by atoms with E-state index in [1.165, 1.54) is 6.07 Å². The van der Waals surface area contributed by atoms with Gasteiger partial charge < -0.3 is 20.1 Å². The van der Waals surface area contributed by atoms with Crippen LogP contribution in [0, 0.1) is 0 Å². The number of aromatic nitrogens is 1. The Balaban J connectivity index is 1.35. The number of amides is 1. The summed E-state index contributed by atoms with van der Waals surface area (Å²) in [5.41, 5.74) is 2.63. The molecule has 3 aromatic rings. The minimum Gasteiger partial charge on any atom is -0.376 e.